The fourth-order valence-corrected chi connectivity index (χ4v) is 3.24. The molecule has 0 aliphatic heterocycles. The molecule has 0 saturated carbocycles. The van der Waals surface area contributed by atoms with Gasteiger partial charge in [0.05, 0.1) is 11.3 Å². The van der Waals surface area contributed by atoms with Crippen LogP contribution < -0.4 is 10.2 Å². The zero-order valence-electron chi connectivity index (χ0n) is 16.4. The number of carbonyl (C=O) groups is 1. The fraction of sp³-hybridized carbons (Fsp3) is 0.167. The van der Waals surface area contributed by atoms with E-state index in [4.69, 9.17) is 0 Å². The molecule has 3 aromatic rings. The Balaban J connectivity index is 1.93. The molecular formula is C24H22FN3O. The van der Waals surface area contributed by atoms with E-state index in [9.17, 15) is 14.4 Å². The van der Waals surface area contributed by atoms with Crippen molar-refractivity contribution in [3.05, 3.63) is 83.7 Å². The van der Waals surface area contributed by atoms with Crippen LogP contribution in [0, 0.1) is 17.1 Å². The number of amides is 1. The highest BCUT2D eigenvalue weighted by atomic mass is 19.1. The van der Waals surface area contributed by atoms with Gasteiger partial charge in [-0.2, -0.15) is 5.26 Å². The van der Waals surface area contributed by atoms with Gasteiger partial charge in [0, 0.05) is 29.9 Å². The molecule has 0 bridgehead atoms. The number of carbonyl (C=O) groups excluding carboxylic acids is 1. The fourth-order valence-electron chi connectivity index (χ4n) is 3.24. The summed E-state index contributed by atoms with van der Waals surface area (Å²) < 4.78 is 14.1. The van der Waals surface area contributed by atoms with Gasteiger partial charge in [0.2, 0.25) is 0 Å². The summed E-state index contributed by atoms with van der Waals surface area (Å²) >= 11 is 0. The highest BCUT2D eigenvalue weighted by Crippen LogP contribution is 2.28. The minimum absolute atomic E-state index is 0.318. The summed E-state index contributed by atoms with van der Waals surface area (Å²) in [4.78, 5) is 15.0. The largest absolute Gasteiger partial charge is 0.372 e. The van der Waals surface area contributed by atoms with E-state index < -0.39 is 0 Å². The van der Waals surface area contributed by atoms with Gasteiger partial charge >= 0.3 is 0 Å². The maximum Gasteiger partial charge on any atom is 0.255 e. The van der Waals surface area contributed by atoms with E-state index in [2.05, 4.69) is 30.1 Å². The Labute approximate surface area is 170 Å². The van der Waals surface area contributed by atoms with Gasteiger partial charge in [0.25, 0.3) is 5.91 Å². The maximum absolute atomic E-state index is 14.1. The topological polar surface area (TPSA) is 56.1 Å². The SMILES string of the molecule is CCN(CC)c1cccc(C(=O)Nc2cc(-c3ccccc3F)ccc2C#N)c1. The van der Waals surface area contributed by atoms with Gasteiger partial charge in [-0.25, -0.2) is 4.39 Å². The molecule has 5 heteroatoms. The monoisotopic (exact) mass is 387 g/mol. The summed E-state index contributed by atoms with van der Waals surface area (Å²) in [6.45, 7) is 5.79. The van der Waals surface area contributed by atoms with Crippen molar-refractivity contribution in [3.8, 4) is 17.2 Å². The molecule has 0 radical (unpaired) electrons. The third-order valence-electron chi connectivity index (χ3n) is 4.81. The Morgan fingerprint density at radius 1 is 1.03 bits per heavy atom. The number of hydrogen-bond donors (Lipinski definition) is 1. The quantitative estimate of drug-likeness (QED) is 0.611. The second-order valence-electron chi connectivity index (χ2n) is 6.53. The molecule has 4 nitrogen and oxygen atoms in total. The zero-order valence-corrected chi connectivity index (χ0v) is 16.4. The van der Waals surface area contributed by atoms with Crippen LogP contribution in [0.2, 0.25) is 0 Å². The molecule has 3 rings (SSSR count). The minimum atomic E-state index is -0.360. The molecule has 0 aromatic heterocycles. The first-order valence-corrected chi connectivity index (χ1v) is 9.52. The van der Waals surface area contributed by atoms with Gasteiger partial charge in [-0.1, -0.05) is 30.3 Å². The summed E-state index contributed by atoms with van der Waals surface area (Å²) in [6.07, 6.45) is 0. The van der Waals surface area contributed by atoms with Gasteiger partial charge < -0.3 is 10.2 Å². The summed E-state index contributed by atoms with van der Waals surface area (Å²) in [6, 6.07) is 20.7. The van der Waals surface area contributed by atoms with E-state index in [1.807, 2.05) is 18.2 Å². The summed E-state index contributed by atoms with van der Waals surface area (Å²) in [7, 11) is 0. The highest BCUT2D eigenvalue weighted by molar-refractivity contribution is 6.05. The van der Waals surface area contributed by atoms with Crippen molar-refractivity contribution in [1.82, 2.24) is 0 Å². The smallest absolute Gasteiger partial charge is 0.255 e. The molecule has 1 amide bonds. The first kappa shape index (κ1) is 20.1. The Morgan fingerprint density at radius 2 is 1.79 bits per heavy atom. The predicted octanol–water partition coefficient (Wildman–Crippen LogP) is 5.46. The van der Waals surface area contributed by atoms with Crippen molar-refractivity contribution in [2.45, 2.75) is 13.8 Å². The van der Waals surface area contributed by atoms with Crippen molar-refractivity contribution in [3.63, 3.8) is 0 Å². The lowest BCUT2D eigenvalue weighted by atomic mass is 10.0. The number of hydrogen-bond acceptors (Lipinski definition) is 3. The number of nitriles is 1. The Kier molecular flexibility index (Phi) is 6.25. The van der Waals surface area contributed by atoms with Crippen molar-refractivity contribution in [1.29, 1.82) is 5.26 Å². The van der Waals surface area contributed by atoms with E-state index in [-0.39, 0.29) is 11.7 Å². The van der Waals surface area contributed by atoms with Crippen molar-refractivity contribution >= 4 is 17.3 Å². The number of nitrogens with one attached hydrogen (secondary N) is 1. The first-order chi connectivity index (χ1) is 14.1. The maximum atomic E-state index is 14.1. The third kappa shape index (κ3) is 4.44. The Morgan fingerprint density at radius 3 is 2.48 bits per heavy atom. The molecule has 0 heterocycles. The molecule has 146 valence electrons. The molecule has 0 fully saturated rings. The van der Waals surface area contributed by atoms with E-state index in [0.717, 1.165) is 18.8 Å². The summed E-state index contributed by atoms with van der Waals surface area (Å²) in [5.41, 5.74) is 3.13. The van der Waals surface area contributed by atoms with Crippen molar-refractivity contribution in [2.24, 2.45) is 0 Å². The highest BCUT2D eigenvalue weighted by Gasteiger charge is 2.13. The lowest BCUT2D eigenvalue weighted by Crippen LogP contribution is -2.22. The van der Waals surface area contributed by atoms with Crippen LogP contribution in [0.1, 0.15) is 29.8 Å². The number of anilines is 2. The average Bonchev–Trinajstić information content (AvgIpc) is 2.75. The Hall–Kier alpha value is -3.65. The van der Waals surface area contributed by atoms with Gasteiger partial charge in [0.15, 0.2) is 0 Å². The van der Waals surface area contributed by atoms with Crippen LogP contribution in [-0.2, 0) is 0 Å². The lowest BCUT2D eigenvalue weighted by molar-refractivity contribution is 0.102. The van der Waals surface area contributed by atoms with E-state index in [1.54, 1.807) is 42.5 Å². The van der Waals surface area contributed by atoms with Gasteiger partial charge in [0.1, 0.15) is 11.9 Å². The molecule has 0 spiro atoms. The number of rotatable bonds is 6. The molecule has 0 unspecified atom stereocenters. The second kappa shape index (κ2) is 9.03. The summed E-state index contributed by atoms with van der Waals surface area (Å²) in [5, 5.41) is 12.2. The lowest BCUT2D eigenvalue weighted by Gasteiger charge is -2.21. The molecule has 29 heavy (non-hydrogen) atoms. The number of halogens is 1. The van der Waals surface area contributed by atoms with Crippen LogP contribution in [0.25, 0.3) is 11.1 Å². The van der Waals surface area contributed by atoms with Crippen LogP contribution in [0.15, 0.2) is 66.7 Å². The standard InChI is InChI=1S/C24H22FN3O/c1-3-28(4-2)20-9-7-8-18(14-20)24(29)27-23-15-17(12-13-19(23)16-26)21-10-5-6-11-22(21)25/h5-15H,3-4H2,1-2H3,(H,27,29). The molecule has 1 N–H and O–H groups in total. The van der Waals surface area contributed by atoms with Crippen LogP contribution in [0.4, 0.5) is 15.8 Å². The molecular weight excluding hydrogens is 365 g/mol. The molecule has 3 aromatic carbocycles. The van der Waals surface area contributed by atoms with Crippen LogP contribution in [-0.4, -0.2) is 19.0 Å². The molecule has 0 saturated heterocycles. The average molecular weight is 387 g/mol. The van der Waals surface area contributed by atoms with Gasteiger partial charge in [-0.05, 0) is 55.8 Å². The molecule has 0 atom stereocenters. The van der Waals surface area contributed by atoms with Crippen LogP contribution >= 0.6 is 0 Å². The molecule has 0 aliphatic rings. The van der Waals surface area contributed by atoms with E-state index in [1.165, 1.54) is 6.07 Å². The Bertz CT molecular complexity index is 1070. The van der Waals surface area contributed by atoms with Crippen LogP contribution in [0.5, 0.6) is 0 Å². The number of nitrogens with zero attached hydrogens (tertiary/aromatic N) is 2. The minimum Gasteiger partial charge on any atom is -0.372 e. The van der Waals surface area contributed by atoms with Gasteiger partial charge in [-0.3, -0.25) is 4.79 Å². The predicted molar refractivity (Wildman–Crippen MR) is 115 cm³/mol. The normalized spacial score (nSPS) is 10.3. The second-order valence-corrected chi connectivity index (χ2v) is 6.53. The summed E-state index contributed by atoms with van der Waals surface area (Å²) in [5.74, 6) is -0.678. The van der Waals surface area contributed by atoms with Crippen molar-refractivity contribution in [2.75, 3.05) is 23.3 Å². The third-order valence-corrected chi connectivity index (χ3v) is 4.81. The molecule has 0 aliphatic carbocycles. The van der Waals surface area contributed by atoms with Crippen molar-refractivity contribution < 1.29 is 9.18 Å². The van der Waals surface area contributed by atoms with E-state index >= 15 is 0 Å². The van der Waals surface area contributed by atoms with E-state index in [0.29, 0.717) is 27.9 Å². The van der Waals surface area contributed by atoms with Crippen LogP contribution in [0.3, 0.4) is 0 Å². The van der Waals surface area contributed by atoms with Gasteiger partial charge in [-0.15, -0.1) is 0 Å². The zero-order chi connectivity index (χ0) is 20.8. The number of benzene rings is 3. The first-order valence-electron chi connectivity index (χ1n) is 9.52.